The van der Waals surface area contributed by atoms with Crippen LogP contribution in [0.4, 0.5) is 0 Å². The van der Waals surface area contributed by atoms with Gasteiger partial charge in [-0.2, -0.15) is 0 Å². The molecule has 0 amide bonds. The topological polar surface area (TPSA) is 13.1 Å². The molecule has 0 spiro atoms. The molecule has 0 aliphatic carbocycles. The molecule has 0 N–H and O–H groups in total. The van der Waals surface area contributed by atoms with Gasteiger partial charge in [-0.25, -0.2) is 0 Å². The quantitative estimate of drug-likeness (QED) is 0.355. The average Bonchev–Trinajstić information content (AvgIpc) is 2.56. The van der Waals surface area contributed by atoms with Crippen molar-refractivity contribution in [1.29, 1.82) is 0 Å². The Labute approximate surface area is 93.9 Å². The molecule has 3 aromatic rings. The third kappa shape index (κ3) is 1.26. The van der Waals surface area contributed by atoms with Crippen molar-refractivity contribution < 1.29 is 23.3 Å². The third-order valence-electron chi connectivity index (χ3n) is 2.19. The molecule has 3 rings (SSSR count). The van der Waals surface area contributed by atoms with Gasteiger partial charge < -0.3 is 4.42 Å². The van der Waals surface area contributed by atoms with E-state index in [0.29, 0.717) is 0 Å². The minimum atomic E-state index is 0. The van der Waals surface area contributed by atoms with Crippen LogP contribution < -0.4 is 18.9 Å². The first-order chi connectivity index (χ1) is 6.45. The van der Waals surface area contributed by atoms with Crippen molar-refractivity contribution in [2.24, 2.45) is 0 Å². The number of hydrogen-bond acceptors (Lipinski definition) is 1. The van der Waals surface area contributed by atoms with Crippen LogP contribution in [-0.4, -0.2) is 0 Å². The Morgan fingerprint density at radius 3 is 2.64 bits per heavy atom. The van der Waals surface area contributed by atoms with Crippen LogP contribution >= 0.6 is 0 Å². The van der Waals surface area contributed by atoms with Crippen molar-refractivity contribution in [1.82, 2.24) is 0 Å². The zero-order valence-electron chi connectivity index (χ0n) is 7.95. The van der Waals surface area contributed by atoms with Gasteiger partial charge in [-0.05, 0) is 6.07 Å². The molecule has 0 atom stereocenters. The van der Waals surface area contributed by atoms with Gasteiger partial charge in [0, 0.05) is 5.58 Å². The van der Waals surface area contributed by atoms with E-state index >= 15 is 0 Å². The van der Waals surface area contributed by atoms with E-state index in [1.54, 1.807) is 0 Å². The predicted octanol–water partition coefficient (Wildman–Crippen LogP) is 0.390. The molecular weight excluding hydrogens is 167 g/mol. The zero-order valence-corrected chi connectivity index (χ0v) is 7.95. The van der Waals surface area contributed by atoms with Crippen LogP contribution in [0.3, 0.4) is 0 Å². The Hall–Kier alpha value is -1.16. The molecule has 1 heterocycles. The smallest absolute Gasteiger partial charge is 0.510 e. The second-order valence-electron chi connectivity index (χ2n) is 3.01. The Morgan fingerprint density at radius 2 is 1.71 bits per heavy atom. The Morgan fingerprint density at radius 1 is 0.929 bits per heavy atom. The van der Waals surface area contributed by atoms with Gasteiger partial charge in [0.05, 0.1) is 5.58 Å². The van der Waals surface area contributed by atoms with Crippen LogP contribution in [0.1, 0.15) is 0 Å². The number of furan rings is 1. The van der Waals surface area contributed by atoms with E-state index in [-0.39, 0.29) is 18.9 Å². The van der Waals surface area contributed by atoms with Gasteiger partial charge in [-0.3, -0.25) is 0 Å². The van der Waals surface area contributed by atoms with E-state index in [0.717, 1.165) is 21.9 Å². The molecule has 1 aromatic heterocycles. The average molecular weight is 174 g/mol. The maximum absolute atomic E-state index is 5.62. The minimum absolute atomic E-state index is 0. The van der Waals surface area contributed by atoms with Crippen LogP contribution in [0.2, 0.25) is 0 Å². The second kappa shape index (κ2) is 3.53. The van der Waals surface area contributed by atoms with Crippen LogP contribution in [0, 0.1) is 6.07 Å². The van der Waals surface area contributed by atoms with Gasteiger partial charge in [0.15, 0.2) is 0 Å². The van der Waals surface area contributed by atoms with E-state index in [1.807, 2.05) is 36.4 Å². The predicted molar refractivity (Wildman–Crippen MR) is 52.6 cm³/mol. The monoisotopic (exact) mass is 174 g/mol. The van der Waals surface area contributed by atoms with Crippen molar-refractivity contribution in [2.75, 3.05) is 0 Å². The summed E-state index contributed by atoms with van der Waals surface area (Å²) in [4.78, 5) is 0. The summed E-state index contributed by atoms with van der Waals surface area (Å²) >= 11 is 0. The van der Waals surface area contributed by atoms with Crippen molar-refractivity contribution in [3.05, 3.63) is 48.5 Å². The van der Waals surface area contributed by atoms with Crippen molar-refractivity contribution >= 4 is 21.9 Å². The summed E-state index contributed by atoms with van der Waals surface area (Å²) < 4.78 is 5.62. The molecule has 62 valence electrons. The van der Waals surface area contributed by atoms with Crippen molar-refractivity contribution in [3.63, 3.8) is 0 Å². The first-order valence-electron chi connectivity index (χ1n) is 4.23. The largest absolute Gasteiger partial charge is 1.00 e. The number of benzene rings is 2. The molecule has 2 aromatic carbocycles. The standard InChI is InChI=1S/C12H7O.Li/c1-3-7-11-9(5-1)10-6-2-4-8-12(10)13-11;/h1-5,7-8H;/q-1;+1. The number of para-hydroxylation sites is 1. The van der Waals surface area contributed by atoms with E-state index in [1.165, 1.54) is 0 Å². The zero-order chi connectivity index (χ0) is 8.67. The summed E-state index contributed by atoms with van der Waals surface area (Å²) in [6.45, 7) is 0. The maximum atomic E-state index is 5.62. The molecule has 0 aliphatic heterocycles. The minimum Gasteiger partial charge on any atom is -0.510 e. The molecule has 0 radical (unpaired) electrons. The summed E-state index contributed by atoms with van der Waals surface area (Å²) in [5, 5.41) is 2.20. The number of fused-ring (bicyclic) bond motifs is 3. The summed E-state index contributed by atoms with van der Waals surface area (Å²) in [6.07, 6.45) is 0. The van der Waals surface area contributed by atoms with Gasteiger partial charge in [-0.1, -0.05) is 29.0 Å². The number of hydrogen-bond donors (Lipinski definition) is 0. The van der Waals surface area contributed by atoms with Crippen LogP contribution in [0.5, 0.6) is 0 Å². The molecule has 0 aliphatic rings. The van der Waals surface area contributed by atoms with Gasteiger partial charge in [0.2, 0.25) is 0 Å². The molecular formula is C12H7LiO. The van der Waals surface area contributed by atoms with Crippen LogP contribution in [-0.2, 0) is 0 Å². The normalized spacial score (nSPS) is 10.3. The Bertz CT molecular complexity index is 518. The fourth-order valence-corrected chi connectivity index (χ4v) is 1.60. The summed E-state index contributed by atoms with van der Waals surface area (Å²) in [7, 11) is 0. The van der Waals surface area contributed by atoms with E-state index in [4.69, 9.17) is 4.42 Å². The maximum Gasteiger partial charge on any atom is 1.00 e. The van der Waals surface area contributed by atoms with E-state index in [9.17, 15) is 0 Å². The van der Waals surface area contributed by atoms with Crippen molar-refractivity contribution in [2.45, 2.75) is 0 Å². The van der Waals surface area contributed by atoms with Gasteiger partial charge >= 0.3 is 18.9 Å². The summed E-state index contributed by atoms with van der Waals surface area (Å²) in [5.41, 5.74) is 1.84. The van der Waals surface area contributed by atoms with Crippen molar-refractivity contribution in [3.8, 4) is 0 Å². The molecule has 1 nitrogen and oxygen atoms in total. The molecule has 0 fully saturated rings. The summed E-state index contributed by atoms with van der Waals surface area (Å²) in [5.74, 6) is 0. The van der Waals surface area contributed by atoms with Gasteiger partial charge in [0.25, 0.3) is 0 Å². The van der Waals surface area contributed by atoms with Crippen LogP contribution in [0.25, 0.3) is 21.9 Å². The molecule has 0 saturated heterocycles. The van der Waals surface area contributed by atoms with E-state index in [2.05, 4.69) is 12.1 Å². The fraction of sp³-hybridized carbons (Fsp3) is 0. The molecule has 14 heavy (non-hydrogen) atoms. The Kier molecular flexibility index (Phi) is 2.37. The second-order valence-corrected chi connectivity index (χ2v) is 3.01. The third-order valence-corrected chi connectivity index (χ3v) is 2.19. The van der Waals surface area contributed by atoms with E-state index < -0.39 is 0 Å². The SMILES string of the molecule is [Li+].[c-]1cccc2oc3ccccc3c12. The molecule has 0 saturated carbocycles. The van der Waals surface area contributed by atoms with Crippen LogP contribution in [0.15, 0.2) is 46.9 Å². The Balaban J connectivity index is 0.000000750. The van der Waals surface area contributed by atoms with Gasteiger partial charge in [0.1, 0.15) is 0 Å². The molecule has 0 unspecified atom stereocenters. The molecule has 2 heteroatoms. The van der Waals surface area contributed by atoms with Gasteiger partial charge in [-0.15, -0.1) is 24.3 Å². The first kappa shape index (κ1) is 9.39. The molecule has 0 bridgehead atoms. The first-order valence-corrected chi connectivity index (χ1v) is 4.23. The number of rotatable bonds is 0. The summed E-state index contributed by atoms with van der Waals surface area (Å²) in [6, 6.07) is 17.0. The fourth-order valence-electron chi connectivity index (χ4n) is 1.60.